The molecule has 1 fully saturated rings. The van der Waals surface area contributed by atoms with E-state index in [1.807, 2.05) is 27.7 Å². The first-order valence-electron chi connectivity index (χ1n) is 20.7. The van der Waals surface area contributed by atoms with Gasteiger partial charge in [-0.1, -0.05) is 104 Å². The first-order chi connectivity index (χ1) is 23.4. The van der Waals surface area contributed by atoms with Gasteiger partial charge in [-0.15, -0.1) is 0 Å². The van der Waals surface area contributed by atoms with Gasteiger partial charge in [0.2, 0.25) is 0 Å². The molecule has 0 radical (unpaired) electrons. The van der Waals surface area contributed by atoms with Gasteiger partial charge < -0.3 is 19.1 Å². The second-order valence-electron chi connectivity index (χ2n) is 16.4. The van der Waals surface area contributed by atoms with E-state index < -0.39 is 10.8 Å². The van der Waals surface area contributed by atoms with Crippen LogP contribution in [0.1, 0.15) is 196 Å². The lowest BCUT2D eigenvalue weighted by atomic mass is 9.86. The Morgan fingerprint density at radius 2 is 0.980 bits per heavy atom. The molecule has 0 unspecified atom stereocenters. The summed E-state index contributed by atoms with van der Waals surface area (Å²) >= 11 is 0. The summed E-state index contributed by atoms with van der Waals surface area (Å²) in [5.74, 6) is -0.188. The van der Waals surface area contributed by atoms with Gasteiger partial charge >= 0.3 is 17.9 Å². The smallest absolute Gasteiger partial charge is 0.311 e. The maximum absolute atomic E-state index is 13.1. The van der Waals surface area contributed by atoms with Crippen molar-refractivity contribution >= 4 is 17.9 Å². The maximum atomic E-state index is 13.1. The van der Waals surface area contributed by atoms with E-state index >= 15 is 0 Å². The van der Waals surface area contributed by atoms with E-state index in [1.165, 1.54) is 51.4 Å². The van der Waals surface area contributed by atoms with Crippen molar-refractivity contribution in [1.82, 2.24) is 4.90 Å². The zero-order valence-electron chi connectivity index (χ0n) is 33.4. The van der Waals surface area contributed by atoms with Crippen LogP contribution in [0.3, 0.4) is 0 Å². The van der Waals surface area contributed by atoms with Crippen molar-refractivity contribution in [2.45, 2.75) is 202 Å². The summed E-state index contributed by atoms with van der Waals surface area (Å²) in [7, 11) is 2.11. The largest absolute Gasteiger partial charge is 0.465 e. The second kappa shape index (κ2) is 27.1. The standard InChI is InChI=1S/C42H79NO6/c1-8-10-12-14-16-24-34-47-39(45)41(3,4)30-22-18-20-26-37(49-38(44)36-28-32-43(7)33-29-36)27-21-19-23-31-42(5,6)40(46)48-35-25-17-15-13-11-9-2/h36-37H,8-35H2,1-7H3. The van der Waals surface area contributed by atoms with Crippen LogP contribution in [-0.4, -0.2) is 62.3 Å². The predicted molar refractivity (Wildman–Crippen MR) is 203 cm³/mol. The average Bonchev–Trinajstić information content (AvgIpc) is 3.06. The molecule has 0 atom stereocenters. The molecular formula is C42H79NO6. The zero-order valence-corrected chi connectivity index (χ0v) is 33.4. The van der Waals surface area contributed by atoms with Gasteiger partial charge in [0.1, 0.15) is 6.10 Å². The molecule has 0 bridgehead atoms. The molecule has 0 aromatic rings. The van der Waals surface area contributed by atoms with Gasteiger partial charge in [-0.2, -0.15) is 0 Å². The molecule has 0 aromatic carbocycles. The number of rotatable bonds is 30. The normalized spacial score (nSPS) is 14.7. The molecule has 0 aromatic heterocycles. The third-order valence-electron chi connectivity index (χ3n) is 10.6. The Hall–Kier alpha value is -1.63. The van der Waals surface area contributed by atoms with Crippen LogP contribution < -0.4 is 0 Å². The van der Waals surface area contributed by atoms with Gasteiger partial charge in [0, 0.05) is 0 Å². The number of hydrogen-bond acceptors (Lipinski definition) is 7. The lowest BCUT2D eigenvalue weighted by molar-refractivity contribution is -0.157. The number of esters is 3. The molecule has 1 rings (SSSR count). The molecule has 7 heteroatoms. The van der Waals surface area contributed by atoms with Crippen LogP contribution in [0.2, 0.25) is 0 Å². The number of piperidine rings is 1. The fourth-order valence-corrected chi connectivity index (χ4v) is 6.69. The minimum absolute atomic E-state index is 0.00463. The maximum Gasteiger partial charge on any atom is 0.311 e. The van der Waals surface area contributed by atoms with Crippen molar-refractivity contribution in [3.8, 4) is 0 Å². The molecule has 0 aliphatic carbocycles. The Kier molecular flexibility index (Phi) is 25.1. The molecule has 1 aliphatic heterocycles. The molecule has 0 saturated carbocycles. The van der Waals surface area contributed by atoms with Gasteiger partial charge in [-0.25, -0.2) is 0 Å². The SMILES string of the molecule is CCCCCCCCOC(=O)C(C)(C)CCCCCC(CCCCCC(C)(C)C(=O)OCCCCCCCC)OC(=O)C1CCN(C)CC1. The Balaban J connectivity index is 2.44. The molecule has 0 N–H and O–H groups in total. The van der Waals surface area contributed by atoms with E-state index in [0.29, 0.717) is 13.2 Å². The van der Waals surface area contributed by atoms with Crippen molar-refractivity contribution in [2.24, 2.45) is 16.7 Å². The van der Waals surface area contributed by atoms with Crippen LogP contribution in [0.25, 0.3) is 0 Å². The number of unbranched alkanes of at least 4 members (excludes halogenated alkanes) is 14. The van der Waals surface area contributed by atoms with Crippen LogP contribution in [0, 0.1) is 16.7 Å². The summed E-state index contributed by atoms with van der Waals surface area (Å²) in [6.45, 7) is 15.4. The third kappa shape index (κ3) is 22.0. The van der Waals surface area contributed by atoms with Gasteiger partial charge in [-0.3, -0.25) is 14.4 Å². The van der Waals surface area contributed by atoms with Crippen molar-refractivity contribution in [3.63, 3.8) is 0 Å². The molecule has 0 amide bonds. The lowest BCUT2D eigenvalue weighted by Crippen LogP contribution is -2.35. The average molecular weight is 694 g/mol. The number of ether oxygens (including phenoxy) is 3. The highest BCUT2D eigenvalue weighted by atomic mass is 16.5. The molecular weight excluding hydrogens is 614 g/mol. The summed E-state index contributed by atoms with van der Waals surface area (Å²) in [6, 6.07) is 0. The minimum atomic E-state index is -0.476. The number of hydrogen-bond donors (Lipinski definition) is 0. The third-order valence-corrected chi connectivity index (χ3v) is 10.6. The highest BCUT2D eigenvalue weighted by molar-refractivity contribution is 5.76. The molecule has 288 valence electrons. The van der Waals surface area contributed by atoms with E-state index in [1.54, 1.807) is 0 Å². The predicted octanol–water partition coefficient (Wildman–Crippen LogP) is 11.0. The summed E-state index contributed by atoms with van der Waals surface area (Å²) in [6.07, 6.45) is 25.1. The van der Waals surface area contributed by atoms with Crippen molar-refractivity contribution < 1.29 is 28.6 Å². The van der Waals surface area contributed by atoms with Crippen molar-refractivity contribution in [2.75, 3.05) is 33.4 Å². The Morgan fingerprint density at radius 3 is 1.41 bits per heavy atom. The van der Waals surface area contributed by atoms with E-state index in [-0.39, 0.29) is 29.9 Å². The Labute approximate surface area is 302 Å². The van der Waals surface area contributed by atoms with E-state index in [0.717, 1.165) is 116 Å². The van der Waals surface area contributed by atoms with Crippen LogP contribution in [-0.2, 0) is 28.6 Å². The molecule has 0 spiro atoms. The summed E-state index contributed by atoms with van der Waals surface area (Å²) < 4.78 is 17.4. The first-order valence-corrected chi connectivity index (χ1v) is 20.7. The topological polar surface area (TPSA) is 82.1 Å². The summed E-state index contributed by atoms with van der Waals surface area (Å²) in [4.78, 5) is 40.8. The van der Waals surface area contributed by atoms with Crippen molar-refractivity contribution in [3.05, 3.63) is 0 Å². The second-order valence-corrected chi connectivity index (χ2v) is 16.4. The minimum Gasteiger partial charge on any atom is -0.465 e. The molecule has 49 heavy (non-hydrogen) atoms. The van der Waals surface area contributed by atoms with Crippen LogP contribution in [0.15, 0.2) is 0 Å². The molecule has 1 aliphatic rings. The highest BCUT2D eigenvalue weighted by Crippen LogP contribution is 2.29. The van der Waals surface area contributed by atoms with Crippen molar-refractivity contribution in [1.29, 1.82) is 0 Å². The van der Waals surface area contributed by atoms with Gasteiger partial charge in [0.25, 0.3) is 0 Å². The number of nitrogens with zero attached hydrogens (tertiary/aromatic N) is 1. The van der Waals surface area contributed by atoms with Crippen LogP contribution >= 0.6 is 0 Å². The Morgan fingerprint density at radius 1 is 0.592 bits per heavy atom. The van der Waals surface area contributed by atoms with Crippen LogP contribution in [0.4, 0.5) is 0 Å². The zero-order chi connectivity index (χ0) is 36.4. The highest BCUT2D eigenvalue weighted by Gasteiger charge is 2.30. The molecule has 7 nitrogen and oxygen atoms in total. The summed E-state index contributed by atoms with van der Waals surface area (Å²) in [5, 5.41) is 0. The van der Waals surface area contributed by atoms with E-state index in [9.17, 15) is 14.4 Å². The van der Waals surface area contributed by atoms with Gasteiger partial charge in [-0.05, 0) is 112 Å². The Bertz CT molecular complexity index is 811. The number of carbonyl (C=O) groups is 3. The van der Waals surface area contributed by atoms with Gasteiger partial charge in [0.05, 0.1) is 30.0 Å². The van der Waals surface area contributed by atoms with Crippen LogP contribution in [0.5, 0.6) is 0 Å². The number of likely N-dealkylation sites (tertiary alicyclic amines) is 1. The van der Waals surface area contributed by atoms with E-state index in [2.05, 4.69) is 25.8 Å². The first kappa shape index (κ1) is 45.4. The quantitative estimate of drug-likeness (QED) is 0.0421. The van der Waals surface area contributed by atoms with E-state index in [4.69, 9.17) is 14.2 Å². The number of carbonyl (C=O) groups excluding carboxylic acids is 3. The lowest BCUT2D eigenvalue weighted by Gasteiger charge is -2.29. The molecule has 1 heterocycles. The fourth-order valence-electron chi connectivity index (χ4n) is 6.69. The monoisotopic (exact) mass is 694 g/mol. The fraction of sp³-hybridized carbons (Fsp3) is 0.929. The van der Waals surface area contributed by atoms with Gasteiger partial charge in [0.15, 0.2) is 0 Å². The summed E-state index contributed by atoms with van der Waals surface area (Å²) in [5.41, 5.74) is -0.951. The molecule has 1 saturated heterocycles.